The van der Waals surface area contributed by atoms with E-state index < -0.39 is 0 Å². The molecular formula is C12H15ClN2. The number of terminal acetylenes is 1. The van der Waals surface area contributed by atoms with E-state index in [-0.39, 0.29) is 0 Å². The second kappa shape index (κ2) is 5.53. The van der Waals surface area contributed by atoms with Crippen molar-refractivity contribution in [3.63, 3.8) is 0 Å². The van der Waals surface area contributed by atoms with Crippen LogP contribution in [0.1, 0.15) is 13.3 Å². The van der Waals surface area contributed by atoms with Crippen molar-refractivity contribution in [1.29, 1.82) is 0 Å². The number of hydrogen-bond donors (Lipinski definition) is 1. The fourth-order valence-corrected chi connectivity index (χ4v) is 1.75. The fraction of sp³-hybridized carbons (Fsp3) is 0.333. The first kappa shape index (κ1) is 11.7. The Hall–Kier alpha value is -1.33. The van der Waals surface area contributed by atoms with E-state index in [4.69, 9.17) is 23.8 Å². The molecule has 0 bridgehead atoms. The molecule has 15 heavy (non-hydrogen) atoms. The number of halogens is 1. The lowest BCUT2D eigenvalue weighted by Gasteiger charge is -2.23. The molecule has 0 spiro atoms. The van der Waals surface area contributed by atoms with Gasteiger partial charge in [-0.05, 0) is 24.6 Å². The minimum atomic E-state index is 0.567. The molecule has 1 aromatic carbocycles. The predicted octanol–water partition coefficient (Wildman–Crippen LogP) is 2.77. The fourth-order valence-electron chi connectivity index (χ4n) is 1.44. The summed E-state index contributed by atoms with van der Waals surface area (Å²) < 4.78 is 0. The van der Waals surface area contributed by atoms with Crippen LogP contribution >= 0.6 is 11.6 Å². The average molecular weight is 223 g/mol. The van der Waals surface area contributed by atoms with Crippen molar-refractivity contribution in [1.82, 2.24) is 0 Å². The largest absolute Gasteiger partial charge is 0.399 e. The second-order valence-electron chi connectivity index (χ2n) is 3.34. The van der Waals surface area contributed by atoms with Crippen LogP contribution in [0.4, 0.5) is 11.4 Å². The second-order valence-corrected chi connectivity index (χ2v) is 3.74. The van der Waals surface area contributed by atoms with Gasteiger partial charge in [0.15, 0.2) is 0 Å². The molecule has 0 heterocycles. The Kier molecular flexibility index (Phi) is 4.33. The highest BCUT2D eigenvalue weighted by Crippen LogP contribution is 2.27. The number of anilines is 2. The lowest BCUT2D eigenvalue weighted by molar-refractivity contribution is 0.823. The quantitative estimate of drug-likeness (QED) is 0.627. The Morgan fingerprint density at radius 1 is 1.53 bits per heavy atom. The minimum Gasteiger partial charge on any atom is -0.399 e. The van der Waals surface area contributed by atoms with E-state index >= 15 is 0 Å². The van der Waals surface area contributed by atoms with E-state index in [1.54, 1.807) is 6.07 Å². The van der Waals surface area contributed by atoms with Crippen LogP contribution in [0.5, 0.6) is 0 Å². The highest BCUT2D eigenvalue weighted by atomic mass is 35.5. The number of rotatable bonds is 4. The average Bonchev–Trinajstić information content (AvgIpc) is 2.17. The van der Waals surface area contributed by atoms with Crippen molar-refractivity contribution in [2.24, 2.45) is 0 Å². The molecule has 2 N–H and O–H groups in total. The molecule has 1 aromatic rings. The summed E-state index contributed by atoms with van der Waals surface area (Å²) in [5.41, 5.74) is 7.25. The molecule has 0 aromatic heterocycles. The molecule has 0 aliphatic carbocycles. The molecule has 0 atom stereocenters. The van der Waals surface area contributed by atoms with Gasteiger partial charge in [-0.3, -0.25) is 0 Å². The van der Waals surface area contributed by atoms with Gasteiger partial charge in [-0.2, -0.15) is 0 Å². The zero-order chi connectivity index (χ0) is 11.3. The molecule has 0 aliphatic heterocycles. The number of nitrogen functional groups attached to an aromatic ring is 1. The summed E-state index contributed by atoms with van der Waals surface area (Å²) >= 11 is 6.11. The number of nitrogens with two attached hydrogens (primary N) is 1. The van der Waals surface area contributed by atoms with E-state index in [0.717, 1.165) is 18.7 Å². The summed E-state index contributed by atoms with van der Waals surface area (Å²) in [5, 5.41) is 0.652. The van der Waals surface area contributed by atoms with Gasteiger partial charge in [0, 0.05) is 12.2 Å². The van der Waals surface area contributed by atoms with Gasteiger partial charge in [0.2, 0.25) is 0 Å². The van der Waals surface area contributed by atoms with Crippen molar-refractivity contribution in [3.8, 4) is 12.3 Å². The third kappa shape index (κ3) is 3.07. The predicted molar refractivity (Wildman–Crippen MR) is 67.2 cm³/mol. The van der Waals surface area contributed by atoms with Gasteiger partial charge in [0.05, 0.1) is 17.3 Å². The molecule has 0 saturated carbocycles. The third-order valence-electron chi connectivity index (χ3n) is 2.09. The van der Waals surface area contributed by atoms with Gasteiger partial charge in [-0.25, -0.2) is 0 Å². The van der Waals surface area contributed by atoms with Crippen LogP contribution in [0.2, 0.25) is 5.02 Å². The Bertz CT molecular complexity index is 368. The lowest BCUT2D eigenvalue weighted by atomic mass is 10.2. The van der Waals surface area contributed by atoms with Gasteiger partial charge in [0.25, 0.3) is 0 Å². The maximum absolute atomic E-state index is 6.11. The molecule has 80 valence electrons. The minimum absolute atomic E-state index is 0.567. The topological polar surface area (TPSA) is 29.3 Å². The number of hydrogen-bond acceptors (Lipinski definition) is 2. The lowest BCUT2D eigenvalue weighted by Crippen LogP contribution is -2.24. The summed E-state index contributed by atoms with van der Waals surface area (Å²) in [4.78, 5) is 2.07. The van der Waals surface area contributed by atoms with E-state index in [1.807, 2.05) is 12.1 Å². The molecule has 0 saturated heterocycles. The van der Waals surface area contributed by atoms with Gasteiger partial charge in [-0.15, -0.1) is 6.42 Å². The molecule has 0 fully saturated rings. The first-order chi connectivity index (χ1) is 7.19. The SMILES string of the molecule is C#CCN(CCC)c1ccc(N)cc1Cl. The van der Waals surface area contributed by atoms with Crippen LogP contribution in [0.3, 0.4) is 0 Å². The molecule has 2 nitrogen and oxygen atoms in total. The number of nitrogens with zero attached hydrogens (tertiary/aromatic N) is 1. The van der Waals surface area contributed by atoms with Gasteiger partial charge < -0.3 is 10.6 Å². The van der Waals surface area contributed by atoms with Crippen LogP contribution < -0.4 is 10.6 Å². The van der Waals surface area contributed by atoms with Gasteiger partial charge in [-0.1, -0.05) is 24.4 Å². The van der Waals surface area contributed by atoms with Crippen molar-refractivity contribution in [3.05, 3.63) is 23.2 Å². The Morgan fingerprint density at radius 3 is 2.80 bits per heavy atom. The monoisotopic (exact) mass is 222 g/mol. The highest BCUT2D eigenvalue weighted by molar-refractivity contribution is 6.33. The first-order valence-corrected chi connectivity index (χ1v) is 5.30. The molecule has 0 unspecified atom stereocenters. The molecule has 0 amide bonds. The van der Waals surface area contributed by atoms with Crippen molar-refractivity contribution in [2.75, 3.05) is 23.7 Å². The summed E-state index contributed by atoms with van der Waals surface area (Å²) in [6.45, 7) is 3.57. The van der Waals surface area contributed by atoms with Crippen LogP contribution in [-0.2, 0) is 0 Å². The Morgan fingerprint density at radius 2 is 2.27 bits per heavy atom. The first-order valence-electron chi connectivity index (χ1n) is 4.92. The van der Waals surface area contributed by atoms with Gasteiger partial charge >= 0.3 is 0 Å². The van der Waals surface area contributed by atoms with E-state index in [2.05, 4.69) is 17.7 Å². The van der Waals surface area contributed by atoms with Gasteiger partial charge in [0.1, 0.15) is 0 Å². The third-order valence-corrected chi connectivity index (χ3v) is 2.39. The summed E-state index contributed by atoms with van der Waals surface area (Å²) in [6.07, 6.45) is 6.35. The molecule has 0 aliphatic rings. The maximum atomic E-state index is 6.11. The zero-order valence-corrected chi connectivity index (χ0v) is 9.59. The zero-order valence-electron chi connectivity index (χ0n) is 8.83. The standard InChI is InChI=1S/C12H15ClN2/c1-3-7-15(8-4-2)12-6-5-10(14)9-11(12)13/h1,5-6,9H,4,7-8,14H2,2H3. The summed E-state index contributed by atoms with van der Waals surface area (Å²) in [5.74, 6) is 2.63. The highest BCUT2D eigenvalue weighted by Gasteiger charge is 2.08. The van der Waals surface area contributed by atoms with Crippen LogP contribution in [-0.4, -0.2) is 13.1 Å². The summed E-state index contributed by atoms with van der Waals surface area (Å²) in [7, 11) is 0. The van der Waals surface area contributed by atoms with Crippen molar-refractivity contribution >= 4 is 23.0 Å². The smallest absolute Gasteiger partial charge is 0.0792 e. The Balaban J connectivity index is 2.95. The van der Waals surface area contributed by atoms with Crippen molar-refractivity contribution < 1.29 is 0 Å². The molecular weight excluding hydrogens is 208 g/mol. The maximum Gasteiger partial charge on any atom is 0.0792 e. The normalized spacial score (nSPS) is 9.67. The van der Waals surface area contributed by atoms with E-state index in [1.165, 1.54) is 0 Å². The van der Waals surface area contributed by atoms with E-state index in [0.29, 0.717) is 17.3 Å². The van der Waals surface area contributed by atoms with Crippen LogP contribution in [0, 0.1) is 12.3 Å². The molecule has 3 heteroatoms. The van der Waals surface area contributed by atoms with Crippen LogP contribution in [0.15, 0.2) is 18.2 Å². The van der Waals surface area contributed by atoms with Crippen LogP contribution in [0.25, 0.3) is 0 Å². The summed E-state index contributed by atoms with van der Waals surface area (Å²) in [6, 6.07) is 5.49. The molecule has 0 radical (unpaired) electrons. The molecule has 1 rings (SSSR count). The van der Waals surface area contributed by atoms with E-state index in [9.17, 15) is 0 Å². The number of benzene rings is 1. The Labute approximate surface area is 96.0 Å². The van der Waals surface area contributed by atoms with Crippen molar-refractivity contribution in [2.45, 2.75) is 13.3 Å².